The van der Waals surface area contributed by atoms with Gasteiger partial charge >= 0.3 is 11.8 Å². The molecule has 0 aliphatic carbocycles. The summed E-state index contributed by atoms with van der Waals surface area (Å²) in [5.74, 6) is -1.29. The largest absolute Gasteiger partial charge is 0.449 e. The third kappa shape index (κ3) is 2.95. The van der Waals surface area contributed by atoms with Crippen molar-refractivity contribution >= 4 is 11.8 Å². The summed E-state index contributed by atoms with van der Waals surface area (Å²) in [6.45, 7) is 0. The van der Waals surface area contributed by atoms with Crippen LogP contribution in [0.2, 0.25) is 0 Å². The third-order valence-electron chi connectivity index (χ3n) is 2.04. The van der Waals surface area contributed by atoms with Crippen molar-refractivity contribution in [1.82, 2.24) is 0 Å². The Labute approximate surface area is 104 Å². The molecule has 6 heteroatoms. The molecule has 2 rings (SSSR count). The second-order valence-electron chi connectivity index (χ2n) is 3.36. The van der Waals surface area contributed by atoms with Gasteiger partial charge in [-0.1, -0.05) is 30.0 Å². The number of rotatable bonds is 2. The van der Waals surface area contributed by atoms with Crippen molar-refractivity contribution < 1.29 is 17.6 Å². The Hall–Kier alpha value is -1.69. The molecule has 0 bridgehead atoms. The standard InChI is InChI=1S/C12H7F3O2S/c13-12(14,15)10-7-6-9(11(16)17-10)18-8-4-2-1-3-5-8/h1-7H. The summed E-state index contributed by atoms with van der Waals surface area (Å²) in [6, 6.07) is 10.7. The van der Waals surface area contributed by atoms with Crippen LogP contribution in [0.1, 0.15) is 5.76 Å². The van der Waals surface area contributed by atoms with Gasteiger partial charge in [0.15, 0.2) is 0 Å². The highest BCUT2D eigenvalue weighted by Gasteiger charge is 2.34. The Morgan fingerprint density at radius 2 is 1.67 bits per heavy atom. The number of hydrogen-bond donors (Lipinski definition) is 0. The third-order valence-corrected chi connectivity index (χ3v) is 3.07. The van der Waals surface area contributed by atoms with Crippen LogP contribution in [0.3, 0.4) is 0 Å². The number of alkyl halides is 3. The predicted octanol–water partition coefficient (Wildman–Crippen LogP) is 3.81. The van der Waals surface area contributed by atoms with E-state index in [0.717, 1.165) is 28.8 Å². The van der Waals surface area contributed by atoms with Gasteiger partial charge in [-0.25, -0.2) is 4.79 Å². The minimum absolute atomic E-state index is 0.120. The van der Waals surface area contributed by atoms with Gasteiger partial charge in [0, 0.05) is 4.90 Å². The molecule has 0 unspecified atom stereocenters. The van der Waals surface area contributed by atoms with E-state index in [0.29, 0.717) is 0 Å². The molecule has 2 nitrogen and oxygen atoms in total. The van der Waals surface area contributed by atoms with Crippen molar-refractivity contribution in [3.8, 4) is 0 Å². The van der Waals surface area contributed by atoms with Crippen LogP contribution < -0.4 is 5.63 Å². The number of halogens is 3. The van der Waals surface area contributed by atoms with E-state index in [1.165, 1.54) is 0 Å². The van der Waals surface area contributed by atoms with Crippen molar-refractivity contribution in [3.63, 3.8) is 0 Å². The minimum atomic E-state index is -4.64. The highest BCUT2D eigenvalue weighted by atomic mass is 32.2. The quantitative estimate of drug-likeness (QED) is 0.832. The van der Waals surface area contributed by atoms with Crippen LogP contribution >= 0.6 is 11.8 Å². The molecule has 0 atom stereocenters. The van der Waals surface area contributed by atoms with Crippen molar-refractivity contribution in [1.29, 1.82) is 0 Å². The zero-order valence-corrected chi connectivity index (χ0v) is 9.72. The summed E-state index contributed by atoms with van der Waals surface area (Å²) in [5.41, 5.74) is -0.987. The van der Waals surface area contributed by atoms with Gasteiger partial charge in [-0.15, -0.1) is 0 Å². The Kier molecular flexibility index (Phi) is 3.47. The van der Waals surface area contributed by atoms with Crippen molar-refractivity contribution in [2.24, 2.45) is 0 Å². The van der Waals surface area contributed by atoms with E-state index in [1.54, 1.807) is 30.3 Å². The molecule has 0 saturated heterocycles. The van der Waals surface area contributed by atoms with Gasteiger partial charge < -0.3 is 4.42 Å². The van der Waals surface area contributed by atoms with Gasteiger partial charge in [-0.3, -0.25) is 0 Å². The van der Waals surface area contributed by atoms with E-state index in [2.05, 4.69) is 4.42 Å². The van der Waals surface area contributed by atoms with Crippen LogP contribution in [0.25, 0.3) is 0 Å². The van der Waals surface area contributed by atoms with Crippen LogP contribution in [-0.4, -0.2) is 0 Å². The molecule has 0 spiro atoms. The average molecular weight is 272 g/mol. The molecule has 0 amide bonds. The lowest BCUT2D eigenvalue weighted by atomic mass is 10.4. The SMILES string of the molecule is O=c1oc(C(F)(F)F)ccc1Sc1ccccc1. The summed E-state index contributed by atoms with van der Waals surface area (Å²) in [7, 11) is 0. The Morgan fingerprint density at radius 1 is 1.00 bits per heavy atom. The fourth-order valence-electron chi connectivity index (χ4n) is 1.25. The smallest absolute Gasteiger partial charge is 0.417 e. The zero-order valence-electron chi connectivity index (χ0n) is 8.90. The van der Waals surface area contributed by atoms with Crippen LogP contribution in [-0.2, 0) is 6.18 Å². The van der Waals surface area contributed by atoms with E-state index in [4.69, 9.17) is 0 Å². The number of benzene rings is 1. The molecule has 0 radical (unpaired) electrons. The van der Waals surface area contributed by atoms with Crippen LogP contribution in [0, 0.1) is 0 Å². The minimum Gasteiger partial charge on any atom is -0.417 e. The topological polar surface area (TPSA) is 30.2 Å². The molecular formula is C12H7F3O2S. The molecule has 94 valence electrons. The van der Waals surface area contributed by atoms with E-state index < -0.39 is 17.6 Å². The highest BCUT2D eigenvalue weighted by Crippen LogP contribution is 2.30. The van der Waals surface area contributed by atoms with Gasteiger partial charge in [0.1, 0.15) is 0 Å². The average Bonchev–Trinajstić information content (AvgIpc) is 2.32. The lowest BCUT2D eigenvalue weighted by Gasteiger charge is -2.05. The second-order valence-corrected chi connectivity index (χ2v) is 4.48. The summed E-state index contributed by atoms with van der Waals surface area (Å²) in [6.07, 6.45) is -4.64. The molecule has 0 aliphatic rings. The van der Waals surface area contributed by atoms with Crippen molar-refractivity contribution in [2.45, 2.75) is 16.0 Å². The summed E-state index contributed by atoms with van der Waals surface area (Å²) >= 11 is 1.06. The normalized spacial score (nSPS) is 11.5. The van der Waals surface area contributed by atoms with Gasteiger partial charge in [-0.2, -0.15) is 13.2 Å². The maximum atomic E-state index is 12.3. The first kappa shape index (κ1) is 12.8. The highest BCUT2D eigenvalue weighted by molar-refractivity contribution is 7.99. The maximum absolute atomic E-state index is 12.3. The van der Waals surface area contributed by atoms with E-state index >= 15 is 0 Å². The molecule has 2 aromatic rings. The van der Waals surface area contributed by atoms with E-state index in [1.807, 2.05) is 0 Å². The molecule has 1 aromatic heterocycles. The van der Waals surface area contributed by atoms with Crippen LogP contribution in [0.15, 0.2) is 61.5 Å². The molecule has 1 heterocycles. The second kappa shape index (κ2) is 4.89. The summed E-state index contributed by atoms with van der Waals surface area (Å²) in [5, 5.41) is 0. The van der Waals surface area contributed by atoms with Crippen molar-refractivity contribution in [2.75, 3.05) is 0 Å². The van der Waals surface area contributed by atoms with Crippen LogP contribution in [0.4, 0.5) is 13.2 Å². The van der Waals surface area contributed by atoms with E-state index in [-0.39, 0.29) is 4.90 Å². The molecule has 18 heavy (non-hydrogen) atoms. The molecule has 0 N–H and O–H groups in total. The van der Waals surface area contributed by atoms with Crippen LogP contribution in [0.5, 0.6) is 0 Å². The fourth-order valence-corrected chi connectivity index (χ4v) is 2.06. The molecule has 0 aliphatic heterocycles. The zero-order chi connectivity index (χ0) is 13.2. The molecule has 0 saturated carbocycles. The Balaban J connectivity index is 2.29. The van der Waals surface area contributed by atoms with Gasteiger partial charge in [0.25, 0.3) is 0 Å². The molecule has 0 fully saturated rings. The Bertz CT molecular complexity index is 590. The maximum Gasteiger partial charge on any atom is 0.449 e. The van der Waals surface area contributed by atoms with Gasteiger partial charge in [0.05, 0.1) is 4.90 Å². The number of hydrogen-bond acceptors (Lipinski definition) is 3. The first-order valence-electron chi connectivity index (χ1n) is 4.91. The van der Waals surface area contributed by atoms with E-state index in [9.17, 15) is 18.0 Å². The van der Waals surface area contributed by atoms with Crippen molar-refractivity contribution in [3.05, 3.63) is 58.6 Å². The van der Waals surface area contributed by atoms with Gasteiger partial charge in [-0.05, 0) is 24.3 Å². The summed E-state index contributed by atoms with van der Waals surface area (Å²) < 4.78 is 41.1. The molecular weight excluding hydrogens is 265 g/mol. The fraction of sp³-hybridized carbons (Fsp3) is 0.0833. The molecule has 1 aromatic carbocycles. The lowest BCUT2D eigenvalue weighted by molar-refractivity contribution is -0.154. The first-order valence-corrected chi connectivity index (χ1v) is 5.73. The summed E-state index contributed by atoms with van der Waals surface area (Å²) in [4.78, 5) is 12.3. The first-order chi connectivity index (χ1) is 8.47. The lowest BCUT2D eigenvalue weighted by Crippen LogP contribution is -2.11. The van der Waals surface area contributed by atoms with Gasteiger partial charge in [0.2, 0.25) is 5.76 Å². The predicted molar refractivity (Wildman–Crippen MR) is 60.5 cm³/mol. The monoisotopic (exact) mass is 272 g/mol. The Morgan fingerprint density at radius 3 is 2.22 bits per heavy atom.